The second-order valence-corrected chi connectivity index (χ2v) is 10.7. The van der Waals surface area contributed by atoms with Crippen LogP contribution in [0, 0.1) is 12.8 Å². The third-order valence-electron chi connectivity index (χ3n) is 6.43. The number of hydrogen-bond donors (Lipinski definition) is 2. The fourth-order valence-electron chi connectivity index (χ4n) is 4.53. The van der Waals surface area contributed by atoms with Crippen LogP contribution in [0.25, 0.3) is 0 Å². The maximum absolute atomic E-state index is 9.48. The molecule has 5 rings (SSSR count). The van der Waals surface area contributed by atoms with Crippen molar-refractivity contribution in [1.29, 1.82) is 0 Å². The van der Waals surface area contributed by atoms with Gasteiger partial charge in [0.25, 0.3) is 0 Å². The van der Waals surface area contributed by atoms with E-state index in [1.54, 1.807) is 42.1 Å². The first-order chi connectivity index (χ1) is 16.9. The zero-order valence-electron chi connectivity index (χ0n) is 20.7. The van der Waals surface area contributed by atoms with E-state index in [2.05, 4.69) is 37.8 Å². The molecule has 0 bridgehead atoms. The Morgan fingerprint density at radius 2 is 1.69 bits per heavy atom. The molecule has 186 valence electrons. The van der Waals surface area contributed by atoms with Crippen LogP contribution in [0.5, 0.6) is 23.0 Å². The van der Waals surface area contributed by atoms with E-state index >= 15 is 0 Å². The lowest BCUT2D eigenvalue weighted by Gasteiger charge is -2.25. The monoisotopic (exact) mass is 493 g/mol. The third-order valence-corrected chi connectivity index (χ3v) is 7.70. The molecule has 2 aliphatic rings. The van der Waals surface area contributed by atoms with Gasteiger partial charge in [-0.3, -0.25) is 4.90 Å². The van der Waals surface area contributed by atoms with E-state index in [1.165, 1.54) is 18.5 Å². The van der Waals surface area contributed by atoms with Crippen molar-refractivity contribution in [2.24, 2.45) is 5.92 Å². The number of hydrogen-bond acceptors (Lipinski definition) is 6. The zero-order chi connectivity index (χ0) is 24.8. The first kappa shape index (κ1) is 25.3. The molecule has 3 aromatic rings. The summed E-state index contributed by atoms with van der Waals surface area (Å²) >= 11 is 1.66. The molecule has 2 heterocycles. The second kappa shape index (κ2) is 11.7. The van der Waals surface area contributed by atoms with Gasteiger partial charge in [-0.25, -0.2) is 0 Å². The Hall–Kier alpha value is -2.83. The highest BCUT2D eigenvalue weighted by atomic mass is 32.2. The predicted octanol–water partition coefficient (Wildman–Crippen LogP) is 6.43. The second-order valence-electron chi connectivity index (χ2n) is 9.49. The van der Waals surface area contributed by atoms with Gasteiger partial charge in [0.05, 0.1) is 10.1 Å². The Morgan fingerprint density at radius 1 is 0.971 bits per heavy atom. The lowest BCUT2D eigenvalue weighted by molar-refractivity contribution is 0.202. The van der Waals surface area contributed by atoms with Gasteiger partial charge >= 0.3 is 0 Å². The molecule has 3 aromatic carbocycles. The number of aromatic hydroxyl groups is 2. The van der Waals surface area contributed by atoms with E-state index in [9.17, 15) is 10.2 Å². The summed E-state index contributed by atoms with van der Waals surface area (Å²) in [5.41, 5.74) is 2.38. The van der Waals surface area contributed by atoms with Crippen LogP contribution in [0.1, 0.15) is 36.6 Å². The minimum atomic E-state index is 0.180. The molecule has 2 unspecified atom stereocenters. The van der Waals surface area contributed by atoms with Crippen molar-refractivity contribution in [3.05, 3.63) is 77.9 Å². The van der Waals surface area contributed by atoms with Crippen molar-refractivity contribution in [2.75, 3.05) is 26.3 Å². The topological polar surface area (TPSA) is 62.2 Å². The van der Waals surface area contributed by atoms with Gasteiger partial charge in [-0.05, 0) is 74.2 Å². The van der Waals surface area contributed by atoms with Crippen LogP contribution < -0.4 is 9.47 Å². The molecule has 6 heteroatoms. The van der Waals surface area contributed by atoms with E-state index in [0.29, 0.717) is 12.6 Å². The van der Waals surface area contributed by atoms with Crippen molar-refractivity contribution in [2.45, 2.75) is 43.4 Å². The van der Waals surface area contributed by atoms with E-state index in [4.69, 9.17) is 9.47 Å². The van der Waals surface area contributed by atoms with E-state index in [0.717, 1.165) is 41.0 Å². The molecule has 0 spiro atoms. The van der Waals surface area contributed by atoms with Crippen LogP contribution in [-0.2, 0) is 0 Å². The molecular weight excluding hydrogens is 458 g/mol. The summed E-state index contributed by atoms with van der Waals surface area (Å²) in [6.45, 7) is 10.4. The molecule has 2 aliphatic heterocycles. The van der Waals surface area contributed by atoms with E-state index in [-0.39, 0.29) is 16.7 Å². The SMILES string of the molecule is Cc1ccc(OCCN2CC(C)CC2C)cc1.Oc1ccc([C@@H]2COc3ccc(O)cc3S2)cc1. The Balaban J connectivity index is 0.000000165. The molecule has 1 fully saturated rings. The summed E-state index contributed by atoms with van der Waals surface area (Å²) in [5, 5.41) is 18.9. The maximum atomic E-state index is 9.48. The van der Waals surface area contributed by atoms with Crippen LogP contribution >= 0.6 is 11.8 Å². The molecular formula is C29H35NO4S. The summed E-state index contributed by atoms with van der Waals surface area (Å²) in [4.78, 5) is 3.47. The average molecular weight is 494 g/mol. The van der Waals surface area contributed by atoms with Crippen LogP contribution in [0.3, 0.4) is 0 Å². The Labute approximate surface area is 212 Å². The molecule has 0 radical (unpaired) electrons. The predicted molar refractivity (Wildman–Crippen MR) is 142 cm³/mol. The van der Waals surface area contributed by atoms with Gasteiger partial charge in [0, 0.05) is 19.1 Å². The molecule has 0 amide bonds. The molecule has 5 nitrogen and oxygen atoms in total. The van der Waals surface area contributed by atoms with Crippen molar-refractivity contribution in [1.82, 2.24) is 4.90 Å². The molecule has 0 saturated carbocycles. The first-order valence-electron chi connectivity index (χ1n) is 12.2. The summed E-state index contributed by atoms with van der Waals surface area (Å²) in [5.74, 6) is 3.14. The molecule has 2 N–H and O–H groups in total. The third kappa shape index (κ3) is 7.09. The summed E-state index contributed by atoms with van der Waals surface area (Å²) in [6.07, 6.45) is 1.32. The van der Waals surface area contributed by atoms with Crippen LogP contribution in [0.15, 0.2) is 71.6 Å². The van der Waals surface area contributed by atoms with Gasteiger partial charge in [0.2, 0.25) is 0 Å². The van der Waals surface area contributed by atoms with Gasteiger partial charge in [-0.15, -0.1) is 11.8 Å². The molecule has 35 heavy (non-hydrogen) atoms. The lowest BCUT2D eigenvalue weighted by Crippen LogP contribution is -2.31. The zero-order valence-corrected chi connectivity index (χ0v) is 21.5. The number of benzene rings is 3. The fraction of sp³-hybridized carbons (Fsp3) is 0.379. The Bertz CT molecular complexity index is 1090. The van der Waals surface area contributed by atoms with Gasteiger partial charge < -0.3 is 19.7 Å². The Kier molecular flexibility index (Phi) is 8.47. The summed E-state index contributed by atoms with van der Waals surface area (Å²) in [7, 11) is 0. The maximum Gasteiger partial charge on any atom is 0.133 e. The van der Waals surface area contributed by atoms with E-state index in [1.807, 2.05) is 24.3 Å². The first-order valence-corrected chi connectivity index (χ1v) is 13.1. The summed E-state index contributed by atoms with van der Waals surface area (Å²) in [6, 6.07) is 21.3. The number of thioether (sulfide) groups is 1. The highest BCUT2D eigenvalue weighted by Crippen LogP contribution is 2.45. The van der Waals surface area contributed by atoms with Gasteiger partial charge in [0.1, 0.15) is 36.2 Å². The average Bonchev–Trinajstić information content (AvgIpc) is 3.17. The molecule has 0 aliphatic carbocycles. The number of rotatable bonds is 5. The largest absolute Gasteiger partial charge is 0.508 e. The van der Waals surface area contributed by atoms with Crippen LogP contribution in [0.2, 0.25) is 0 Å². The minimum absolute atomic E-state index is 0.180. The quantitative estimate of drug-likeness (QED) is 0.427. The smallest absolute Gasteiger partial charge is 0.133 e. The number of likely N-dealkylation sites (tertiary alicyclic amines) is 1. The molecule has 0 aromatic heterocycles. The lowest BCUT2D eigenvalue weighted by atomic mass is 10.1. The minimum Gasteiger partial charge on any atom is -0.508 e. The number of nitrogens with zero attached hydrogens (tertiary/aromatic N) is 1. The molecule has 1 saturated heterocycles. The van der Waals surface area contributed by atoms with Crippen LogP contribution in [-0.4, -0.2) is 47.5 Å². The number of fused-ring (bicyclic) bond motifs is 1. The fourth-order valence-corrected chi connectivity index (χ4v) is 5.69. The van der Waals surface area contributed by atoms with Gasteiger partial charge in [-0.2, -0.15) is 0 Å². The van der Waals surface area contributed by atoms with Crippen molar-refractivity contribution < 1.29 is 19.7 Å². The van der Waals surface area contributed by atoms with Crippen LogP contribution in [0.4, 0.5) is 0 Å². The number of phenolic OH excluding ortho intramolecular Hbond substituents is 2. The van der Waals surface area contributed by atoms with E-state index < -0.39 is 0 Å². The van der Waals surface area contributed by atoms with Crippen molar-refractivity contribution in [3.8, 4) is 23.0 Å². The number of ether oxygens (including phenoxy) is 2. The van der Waals surface area contributed by atoms with Gasteiger partial charge in [0.15, 0.2) is 0 Å². The standard InChI is InChI=1S/C15H23NO.C14H12O3S/c1-12-4-6-15(7-5-12)17-9-8-16-11-13(2)10-14(16)3;15-10-3-1-9(2-4-10)14-8-17-12-6-5-11(16)7-13(12)18-14/h4-7,13-14H,8-11H2,1-3H3;1-7,14-16H,8H2/t;14-/m.0/s1. The normalized spacial score (nSPS) is 21.4. The van der Waals surface area contributed by atoms with Crippen molar-refractivity contribution >= 4 is 11.8 Å². The number of aryl methyl sites for hydroxylation is 1. The Morgan fingerprint density at radius 3 is 2.37 bits per heavy atom. The number of phenols is 2. The molecule has 3 atom stereocenters. The highest BCUT2D eigenvalue weighted by Gasteiger charge is 2.25. The highest BCUT2D eigenvalue weighted by molar-refractivity contribution is 7.99. The van der Waals surface area contributed by atoms with Crippen molar-refractivity contribution in [3.63, 3.8) is 0 Å². The summed E-state index contributed by atoms with van der Waals surface area (Å²) < 4.78 is 11.4. The van der Waals surface area contributed by atoms with Gasteiger partial charge in [-0.1, -0.05) is 36.8 Å².